The summed E-state index contributed by atoms with van der Waals surface area (Å²) in [6.45, 7) is 6.05. The predicted molar refractivity (Wildman–Crippen MR) is 70.6 cm³/mol. The van der Waals surface area contributed by atoms with Crippen LogP contribution < -0.4 is 10.0 Å². The average Bonchev–Trinajstić information content (AvgIpc) is 2.29. The van der Waals surface area contributed by atoms with Gasteiger partial charge in [0.05, 0.1) is 5.75 Å². The zero-order chi connectivity index (χ0) is 12.7. The Morgan fingerprint density at radius 3 is 2.53 bits per heavy atom. The maximum atomic E-state index is 11.7. The number of nitrogens with one attached hydrogen (secondary N) is 2. The molecule has 1 aliphatic heterocycles. The molecule has 1 saturated heterocycles. The molecule has 0 radical (unpaired) electrons. The maximum Gasteiger partial charge on any atom is 0.212 e. The molecule has 5 nitrogen and oxygen atoms in total. The highest BCUT2D eigenvalue weighted by molar-refractivity contribution is 7.89. The number of likely N-dealkylation sites (tertiary alicyclic amines) is 1. The van der Waals surface area contributed by atoms with Gasteiger partial charge in [-0.2, -0.15) is 0 Å². The molecule has 0 atom stereocenters. The first-order valence-corrected chi connectivity index (χ1v) is 8.05. The monoisotopic (exact) mass is 263 g/mol. The summed E-state index contributed by atoms with van der Waals surface area (Å²) in [6, 6.07) is 0. The van der Waals surface area contributed by atoms with Crippen LogP contribution in [-0.4, -0.2) is 58.8 Å². The lowest BCUT2D eigenvalue weighted by Crippen LogP contribution is -2.38. The van der Waals surface area contributed by atoms with Crippen LogP contribution in [0.15, 0.2) is 0 Å². The third-order valence-corrected chi connectivity index (χ3v) is 4.58. The highest BCUT2D eigenvalue weighted by Gasteiger charge is 2.18. The minimum absolute atomic E-state index is 0.174. The van der Waals surface area contributed by atoms with Crippen molar-refractivity contribution in [3.63, 3.8) is 0 Å². The molecule has 0 bridgehead atoms. The van der Waals surface area contributed by atoms with Gasteiger partial charge in [-0.15, -0.1) is 0 Å². The van der Waals surface area contributed by atoms with Gasteiger partial charge in [0, 0.05) is 13.1 Å². The lowest BCUT2D eigenvalue weighted by molar-refractivity contribution is 0.220. The van der Waals surface area contributed by atoms with Crippen LogP contribution in [0.25, 0.3) is 0 Å². The molecule has 0 aromatic heterocycles. The lowest BCUT2D eigenvalue weighted by Gasteiger charge is -2.28. The molecule has 102 valence electrons. The molecule has 0 amide bonds. The van der Waals surface area contributed by atoms with Gasteiger partial charge in [0.1, 0.15) is 0 Å². The zero-order valence-electron chi connectivity index (χ0n) is 10.9. The molecule has 0 saturated carbocycles. The van der Waals surface area contributed by atoms with Crippen molar-refractivity contribution in [3.8, 4) is 0 Å². The Morgan fingerprint density at radius 2 is 1.94 bits per heavy atom. The topological polar surface area (TPSA) is 61.4 Å². The largest absolute Gasteiger partial charge is 0.316 e. The van der Waals surface area contributed by atoms with E-state index in [0.717, 1.165) is 32.5 Å². The van der Waals surface area contributed by atoms with E-state index in [0.29, 0.717) is 19.0 Å². The van der Waals surface area contributed by atoms with Crippen LogP contribution in [-0.2, 0) is 10.0 Å². The van der Waals surface area contributed by atoms with E-state index in [1.54, 1.807) is 0 Å². The van der Waals surface area contributed by atoms with Gasteiger partial charge in [-0.3, -0.25) is 0 Å². The van der Waals surface area contributed by atoms with Crippen molar-refractivity contribution in [2.24, 2.45) is 5.92 Å². The van der Waals surface area contributed by atoms with Crippen LogP contribution in [0, 0.1) is 5.92 Å². The van der Waals surface area contributed by atoms with Gasteiger partial charge in [0.15, 0.2) is 0 Å². The Bertz CT molecular complexity index is 298. The predicted octanol–water partition coefficient (Wildman–Crippen LogP) is -0.143. The molecule has 17 heavy (non-hydrogen) atoms. The van der Waals surface area contributed by atoms with Crippen molar-refractivity contribution in [3.05, 3.63) is 0 Å². The molecule has 0 unspecified atom stereocenters. The molecule has 0 aromatic rings. The Hall–Kier alpha value is -0.170. The Balaban J connectivity index is 2.20. The van der Waals surface area contributed by atoms with Gasteiger partial charge >= 0.3 is 0 Å². The minimum Gasteiger partial charge on any atom is -0.316 e. The third kappa shape index (κ3) is 6.35. The number of rotatable bonds is 7. The zero-order valence-corrected chi connectivity index (χ0v) is 11.7. The van der Waals surface area contributed by atoms with Crippen LogP contribution in [0.5, 0.6) is 0 Å². The first-order chi connectivity index (χ1) is 8.03. The van der Waals surface area contributed by atoms with E-state index >= 15 is 0 Å². The van der Waals surface area contributed by atoms with Gasteiger partial charge in [-0.1, -0.05) is 6.92 Å². The molecule has 0 spiro atoms. The molecular formula is C11H25N3O2S. The van der Waals surface area contributed by atoms with Gasteiger partial charge in [-0.05, 0) is 45.4 Å². The number of piperidine rings is 1. The van der Waals surface area contributed by atoms with Crippen molar-refractivity contribution in [2.75, 3.05) is 45.5 Å². The lowest BCUT2D eigenvalue weighted by atomic mass is 9.98. The summed E-state index contributed by atoms with van der Waals surface area (Å²) in [5, 5.41) is 3.02. The summed E-state index contributed by atoms with van der Waals surface area (Å²) in [4.78, 5) is 2.29. The van der Waals surface area contributed by atoms with Gasteiger partial charge in [0.25, 0.3) is 0 Å². The first-order valence-electron chi connectivity index (χ1n) is 6.40. The van der Waals surface area contributed by atoms with Crippen molar-refractivity contribution in [2.45, 2.75) is 19.8 Å². The number of sulfonamides is 1. The quantitative estimate of drug-likeness (QED) is 0.628. The Morgan fingerprint density at radius 1 is 1.29 bits per heavy atom. The molecule has 1 heterocycles. The normalized spacial score (nSPS) is 19.6. The smallest absolute Gasteiger partial charge is 0.212 e. The van der Waals surface area contributed by atoms with Crippen LogP contribution >= 0.6 is 0 Å². The van der Waals surface area contributed by atoms with Crippen molar-refractivity contribution < 1.29 is 8.42 Å². The minimum atomic E-state index is -3.09. The fourth-order valence-electron chi connectivity index (χ4n) is 1.97. The molecule has 0 aliphatic carbocycles. The third-order valence-electron chi connectivity index (χ3n) is 3.23. The number of hydrogen-bond acceptors (Lipinski definition) is 4. The summed E-state index contributed by atoms with van der Waals surface area (Å²) in [6.07, 6.45) is 2.18. The van der Waals surface area contributed by atoms with E-state index in [4.69, 9.17) is 0 Å². The second kappa shape index (κ2) is 7.31. The SMILES string of the molecule is CCNCCS(=O)(=O)NCC1CCN(C)CC1. The van der Waals surface area contributed by atoms with Crippen molar-refractivity contribution in [1.82, 2.24) is 14.9 Å². The summed E-state index contributed by atoms with van der Waals surface area (Å²) in [5.74, 6) is 0.674. The molecule has 1 rings (SSSR count). The summed E-state index contributed by atoms with van der Waals surface area (Å²) >= 11 is 0. The van der Waals surface area contributed by atoms with Crippen LogP contribution in [0.2, 0.25) is 0 Å². The molecule has 1 aliphatic rings. The summed E-state index contributed by atoms with van der Waals surface area (Å²) in [5.41, 5.74) is 0. The molecular weight excluding hydrogens is 238 g/mol. The van der Waals surface area contributed by atoms with Gasteiger partial charge < -0.3 is 10.2 Å². The van der Waals surface area contributed by atoms with Gasteiger partial charge in [-0.25, -0.2) is 13.1 Å². The van der Waals surface area contributed by atoms with E-state index in [1.807, 2.05) is 6.92 Å². The average molecular weight is 263 g/mol. The van der Waals surface area contributed by atoms with Gasteiger partial charge in [0.2, 0.25) is 10.0 Å². The highest BCUT2D eigenvalue weighted by atomic mass is 32.2. The fourth-order valence-corrected chi connectivity index (χ4v) is 3.01. The van der Waals surface area contributed by atoms with Crippen LogP contribution in [0.1, 0.15) is 19.8 Å². The van der Waals surface area contributed by atoms with Crippen LogP contribution in [0.4, 0.5) is 0 Å². The Kier molecular flexibility index (Phi) is 6.40. The summed E-state index contributed by atoms with van der Waals surface area (Å²) in [7, 11) is -0.985. The van der Waals surface area contributed by atoms with E-state index < -0.39 is 10.0 Å². The highest BCUT2D eigenvalue weighted by Crippen LogP contribution is 2.14. The maximum absolute atomic E-state index is 11.7. The van der Waals surface area contributed by atoms with Crippen LogP contribution in [0.3, 0.4) is 0 Å². The molecule has 6 heteroatoms. The Labute approximate surface area is 105 Å². The molecule has 1 fully saturated rings. The fraction of sp³-hybridized carbons (Fsp3) is 1.00. The second-order valence-corrected chi connectivity index (χ2v) is 6.69. The molecule has 0 aromatic carbocycles. The van der Waals surface area contributed by atoms with E-state index in [2.05, 4.69) is 22.0 Å². The van der Waals surface area contributed by atoms with Crippen molar-refractivity contribution >= 4 is 10.0 Å². The number of hydrogen-bond donors (Lipinski definition) is 2. The van der Waals surface area contributed by atoms with Crippen molar-refractivity contribution in [1.29, 1.82) is 0 Å². The first kappa shape index (κ1) is 14.9. The van der Waals surface area contributed by atoms with E-state index in [9.17, 15) is 8.42 Å². The van der Waals surface area contributed by atoms with E-state index in [1.165, 1.54) is 0 Å². The standard InChI is InChI=1S/C11H25N3O2S/c1-3-12-6-9-17(15,16)13-10-11-4-7-14(2)8-5-11/h11-13H,3-10H2,1-2H3. The number of nitrogens with zero attached hydrogens (tertiary/aromatic N) is 1. The summed E-state index contributed by atoms with van der Waals surface area (Å²) < 4.78 is 26.0. The second-order valence-electron chi connectivity index (χ2n) is 4.77. The van der Waals surface area contributed by atoms with E-state index in [-0.39, 0.29) is 5.75 Å². The molecule has 2 N–H and O–H groups in total.